The van der Waals surface area contributed by atoms with Crippen LogP contribution in [-0.4, -0.2) is 27.2 Å². The topological polar surface area (TPSA) is 46.8 Å². The van der Waals surface area contributed by atoms with E-state index in [9.17, 15) is 13.6 Å². The molecule has 7 heteroatoms. The zero-order valence-corrected chi connectivity index (χ0v) is 18.0. The van der Waals surface area contributed by atoms with Gasteiger partial charge in [-0.3, -0.25) is 4.79 Å². The number of pyridine rings is 1. The van der Waals surface area contributed by atoms with E-state index in [2.05, 4.69) is 4.98 Å². The Kier molecular flexibility index (Phi) is 5.90. The molecule has 32 heavy (non-hydrogen) atoms. The minimum absolute atomic E-state index is 0.254. The van der Waals surface area contributed by atoms with Crippen molar-refractivity contribution in [1.29, 1.82) is 0 Å². The Morgan fingerprint density at radius 1 is 1.09 bits per heavy atom. The molecular formula is C25H23F2N3O2. The summed E-state index contributed by atoms with van der Waals surface area (Å²) in [5.41, 5.74) is 3.69. The van der Waals surface area contributed by atoms with Crippen molar-refractivity contribution in [2.75, 3.05) is 7.05 Å². The molecule has 1 unspecified atom stereocenters. The van der Waals surface area contributed by atoms with E-state index >= 15 is 0 Å². The van der Waals surface area contributed by atoms with E-state index in [4.69, 9.17) is 4.74 Å². The average molecular weight is 435 g/mol. The molecule has 0 fully saturated rings. The predicted molar refractivity (Wildman–Crippen MR) is 118 cm³/mol. The number of aryl methyl sites for hydroxylation is 1. The summed E-state index contributed by atoms with van der Waals surface area (Å²) in [6, 6.07) is 14.0. The highest BCUT2D eigenvalue weighted by molar-refractivity contribution is 5.94. The van der Waals surface area contributed by atoms with Crippen LogP contribution in [0.4, 0.5) is 8.78 Å². The first kappa shape index (κ1) is 21.5. The van der Waals surface area contributed by atoms with Gasteiger partial charge in [0.2, 0.25) is 0 Å². The number of hydrogen-bond donors (Lipinski definition) is 0. The number of nitrogens with zero attached hydrogens (tertiary/aromatic N) is 3. The van der Waals surface area contributed by atoms with Gasteiger partial charge in [0.1, 0.15) is 18.0 Å². The second-order valence-corrected chi connectivity index (χ2v) is 7.79. The molecule has 0 saturated carbocycles. The summed E-state index contributed by atoms with van der Waals surface area (Å²) in [6.45, 7) is 4.04. The minimum Gasteiger partial charge on any atom is -0.487 e. The number of aromatic nitrogens is 2. The first-order chi connectivity index (χ1) is 15.3. The number of halogens is 2. The van der Waals surface area contributed by atoms with Crippen LogP contribution in [0.15, 0.2) is 67.0 Å². The van der Waals surface area contributed by atoms with Crippen molar-refractivity contribution in [3.05, 3.63) is 101 Å². The Morgan fingerprint density at radius 3 is 2.69 bits per heavy atom. The van der Waals surface area contributed by atoms with Crippen LogP contribution in [0.25, 0.3) is 5.65 Å². The van der Waals surface area contributed by atoms with Crippen molar-refractivity contribution in [2.24, 2.45) is 0 Å². The number of amides is 1. The van der Waals surface area contributed by atoms with Crippen LogP contribution in [0.1, 0.15) is 40.1 Å². The first-order valence-electron chi connectivity index (χ1n) is 10.2. The molecule has 0 saturated heterocycles. The summed E-state index contributed by atoms with van der Waals surface area (Å²) in [7, 11) is 1.63. The SMILES string of the molecule is Cc1ccc2nc(COc3cccc(C(=O)N(C)C(C)c4ccc(F)c(F)c4)c3)cn2c1. The highest BCUT2D eigenvalue weighted by Gasteiger charge is 2.20. The molecule has 1 atom stereocenters. The molecule has 0 spiro atoms. The standard InChI is InChI=1S/C25H23F2N3O2/c1-16-7-10-24-28-20(14-30(24)13-16)15-32-21-6-4-5-19(11-21)25(31)29(3)17(2)18-8-9-22(26)23(27)12-18/h4-14,17H,15H2,1-3H3. The normalized spacial score (nSPS) is 12.0. The van der Waals surface area contributed by atoms with Gasteiger partial charge in [0.05, 0.1) is 11.7 Å². The summed E-state index contributed by atoms with van der Waals surface area (Å²) >= 11 is 0. The molecule has 5 nitrogen and oxygen atoms in total. The molecule has 4 aromatic rings. The monoisotopic (exact) mass is 435 g/mol. The van der Waals surface area contributed by atoms with E-state index < -0.39 is 17.7 Å². The molecule has 2 aromatic heterocycles. The van der Waals surface area contributed by atoms with Crippen molar-refractivity contribution >= 4 is 11.6 Å². The highest BCUT2D eigenvalue weighted by atomic mass is 19.2. The van der Waals surface area contributed by atoms with E-state index in [1.54, 1.807) is 38.2 Å². The van der Waals surface area contributed by atoms with Crippen LogP contribution in [-0.2, 0) is 6.61 Å². The summed E-state index contributed by atoms with van der Waals surface area (Å²) in [5, 5.41) is 0. The number of hydrogen-bond acceptors (Lipinski definition) is 3. The smallest absolute Gasteiger partial charge is 0.254 e. The molecule has 0 aliphatic heterocycles. The molecule has 2 heterocycles. The van der Waals surface area contributed by atoms with E-state index in [1.807, 2.05) is 35.9 Å². The summed E-state index contributed by atoms with van der Waals surface area (Å²) in [6.07, 6.45) is 3.91. The maximum atomic E-state index is 13.6. The Morgan fingerprint density at radius 2 is 1.91 bits per heavy atom. The molecule has 0 bridgehead atoms. The van der Waals surface area contributed by atoms with Gasteiger partial charge < -0.3 is 14.0 Å². The van der Waals surface area contributed by atoms with Gasteiger partial charge in [0.15, 0.2) is 11.6 Å². The third-order valence-corrected chi connectivity index (χ3v) is 5.44. The summed E-state index contributed by atoms with van der Waals surface area (Å²) in [4.78, 5) is 19.0. The van der Waals surface area contributed by atoms with Gasteiger partial charge >= 0.3 is 0 Å². The van der Waals surface area contributed by atoms with Gasteiger partial charge in [-0.1, -0.05) is 18.2 Å². The minimum atomic E-state index is -0.937. The average Bonchev–Trinajstić information content (AvgIpc) is 3.20. The molecule has 0 N–H and O–H groups in total. The van der Waals surface area contributed by atoms with Gasteiger partial charge in [0, 0.05) is 25.0 Å². The second kappa shape index (κ2) is 8.78. The number of ether oxygens (including phenoxy) is 1. The number of benzene rings is 2. The quantitative estimate of drug-likeness (QED) is 0.411. The van der Waals surface area contributed by atoms with Gasteiger partial charge in [0.25, 0.3) is 5.91 Å². The van der Waals surface area contributed by atoms with Crippen molar-refractivity contribution in [3.63, 3.8) is 0 Å². The van der Waals surface area contributed by atoms with E-state index in [0.29, 0.717) is 16.9 Å². The number of fused-ring (bicyclic) bond motifs is 1. The zero-order valence-electron chi connectivity index (χ0n) is 18.0. The fourth-order valence-electron chi connectivity index (χ4n) is 3.48. The predicted octanol–water partition coefficient (Wildman–Crippen LogP) is 5.33. The Bertz CT molecular complexity index is 1290. The molecule has 0 aliphatic rings. The van der Waals surface area contributed by atoms with Crippen LogP contribution >= 0.6 is 0 Å². The molecule has 0 aliphatic carbocycles. The highest BCUT2D eigenvalue weighted by Crippen LogP contribution is 2.24. The van der Waals surface area contributed by atoms with Crippen molar-refractivity contribution in [3.8, 4) is 5.75 Å². The van der Waals surface area contributed by atoms with E-state index in [1.165, 1.54) is 11.0 Å². The lowest BCUT2D eigenvalue weighted by atomic mass is 10.1. The fraction of sp³-hybridized carbons (Fsp3) is 0.200. The molecule has 0 radical (unpaired) electrons. The lowest BCUT2D eigenvalue weighted by molar-refractivity contribution is 0.0742. The van der Waals surface area contributed by atoms with Crippen LogP contribution in [0.2, 0.25) is 0 Å². The molecular weight excluding hydrogens is 412 g/mol. The molecule has 1 amide bonds. The van der Waals surface area contributed by atoms with Crippen molar-refractivity contribution in [2.45, 2.75) is 26.5 Å². The van der Waals surface area contributed by atoms with E-state index in [0.717, 1.165) is 29.0 Å². The number of carbonyl (C=O) groups excluding carboxylic acids is 1. The van der Waals surface area contributed by atoms with Gasteiger partial charge in [-0.2, -0.15) is 0 Å². The van der Waals surface area contributed by atoms with Crippen molar-refractivity contribution < 1.29 is 18.3 Å². The number of imidazole rings is 1. The second-order valence-electron chi connectivity index (χ2n) is 7.79. The summed E-state index contributed by atoms with van der Waals surface area (Å²) < 4.78 is 34.6. The summed E-state index contributed by atoms with van der Waals surface area (Å²) in [5.74, 6) is -1.57. The molecule has 2 aromatic carbocycles. The van der Waals surface area contributed by atoms with Crippen LogP contribution in [0.5, 0.6) is 5.75 Å². The first-order valence-corrected chi connectivity index (χ1v) is 10.2. The number of rotatable bonds is 6. The molecule has 4 rings (SSSR count). The largest absolute Gasteiger partial charge is 0.487 e. The lowest BCUT2D eigenvalue weighted by Crippen LogP contribution is -2.29. The number of carbonyl (C=O) groups is 1. The maximum Gasteiger partial charge on any atom is 0.254 e. The van der Waals surface area contributed by atoms with Crippen LogP contribution < -0.4 is 4.74 Å². The van der Waals surface area contributed by atoms with Gasteiger partial charge in [-0.15, -0.1) is 0 Å². The van der Waals surface area contributed by atoms with E-state index in [-0.39, 0.29) is 12.5 Å². The Hall–Kier alpha value is -3.74. The third kappa shape index (κ3) is 4.46. The van der Waals surface area contributed by atoms with Gasteiger partial charge in [-0.05, 0) is 61.4 Å². The lowest BCUT2D eigenvalue weighted by Gasteiger charge is -2.25. The third-order valence-electron chi connectivity index (χ3n) is 5.44. The molecule has 164 valence electrons. The zero-order chi connectivity index (χ0) is 22.8. The van der Waals surface area contributed by atoms with Crippen LogP contribution in [0.3, 0.4) is 0 Å². The van der Waals surface area contributed by atoms with Gasteiger partial charge in [-0.25, -0.2) is 13.8 Å². The van der Waals surface area contributed by atoms with Crippen molar-refractivity contribution in [1.82, 2.24) is 14.3 Å². The Balaban J connectivity index is 1.46. The fourth-order valence-corrected chi connectivity index (χ4v) is 3.48. The van der Waals surface area contributed by atoms with Crippen LogP contribution in [0, 0.1) is 18.6 Å². The maximum absolute atomic E-state index is 13.6. The Labute approximate surface area is 184 Å².